The molecule has 2 heteroatoms. The van der Waals surface area contributed by atoms with Crippen molar-refractivity contribution in [1.29, 1.82) is 0 Å². The second-order valence-corrected chi connectivity index (χ2v) is 4.91. The quantitative estimate of drug-likeness (QED) is 0.684. The van der Waals surface area contributed by atoms with E-state index >= 15 is 0 Å². The van der Waals surface area contributed by atoms with Crippen molar-refractivity contribution < 1.29 is 0 Å². The average molecular weight is 190 g/mol. The van der Waals surface area contributed by atoms with Crippen LogP contribution < -0.4 is 12.3 Å². The Morgan fingerprint density at radius 3 is 1.31 bits per heavy atom. The van der Waals surface area contributed by atoms with Crippen molar-refractivity contribution in [3.8, 4) is 0 Å². The Morgan fingerprint density at radius 1 is 0.846 bits per heavy atom. The first-order chi connectivity index (χ1) is 4.87. The molecule has 0 radical (unpaired) electrons. The maximum absolute atomic E-state index is 2.41. The zero-order valence-electron chi connectivity index (χ0n) is 10.5. The van der Waals surface area contributed by atoms with E-state index in [0.29, 0.717) is 10.8 Å². The van der Waals surface area contributed by atoms with Crippen molar-refractivity contribution >= 4 is 0 Å². The van der Waals surface area contributed by atoms with Crippen LogP contribution in [0.5, 0.6) is 0 Å². The number of rotatable bonds is 3. The fraction of sp³-hybridized carbons (Fsp3) is 1.00. The van der Waals surface area contributed by atoms with Gasteiger partial charge in [0, 0.05) is 0 Å². The highest BCUT2D eigenvalue weighted by Gasteiger charge is 2.34. The lowest BCUT2D eigenvalue weighted by Gasteiger charge is -2.41. The van der Waals surface area contributed by atoms with Gasteiger partial charge in [0.15, 0.2) is 0 Å². The van der Waals surface area contributed by atoms with Gasteiger partial charge in [0.25, 0.3) is 0 Å². The van der Waals surface area contributed by atoms with Crippen molar-refractivity contribution in [3.05, 3.63) is 0 Å². The first kappa shape index (κ1) is 18.7. The summed E-state index contributed by atoms with van der Waals surface area (Å²) >= 11 is 0. The zero-order chi connectivity index (χ0) is 9.12. The maximum Gasteiger partial charge on any atom is -0.0280 e. The molecule has 0 aliphatic rings. The molecule has 0 aromatic carbocycles. The Hall–Kier alpha value is -0.0800. The molecule has 0 heterocycles. The molecule has 13 heavy (non-hydrogen) atoms. The summed E-state index contributed by atoms with van der Waals surface area (Å²) in [6.07, 6.45) is 3.96. The minimum Gasteiger partial charge on any atom is -0.344 e. The van der Waals surface area contributed by atoms with E-state index in [2.05, 4.69) is 41.5 Å². The van der Waals surface area contributed by atoms with Crippen LogP contribution >= 0.6 is 0 Å². The molecule has 0 bridgehead atoms. The summed E-state index contributed by atoms with van der Waals surface area (Å²) in [4.78, 5) is 0. The summed E-state index contributed by atoms with van der Waals surface area (Å²) in [7, 11) is 0. The van der Waals surface area contributed by atoms with Gasteiger partial charge in [-0.2, -0.15) is 0 Å². The molecule has 0 rings (SSSR count). The van der Waals surface area contributed by atoms with Gasteiger partial charge in [-0.25, -0.2) is 0 Å². The highest BCUT2D eigenvalue weighted by molar-refractivity contribution is 4.84. The van der Waals surface area contributed by atoms with Gasteiger partial charge >= 0.3 is 0 Å². The molecule has 0 aliphatic carbocycles. The third kappa shape index (κ3) is 4.63. The largest absolute Gasteiger partial charge is 0.344 e. The molecule has 0 spiro atoms. The van der Waals surface area contributed by atoms with E-state index in [-0.39, 0.29) is 12.3 Å². The van der Waals surface area contributed by atoms with E-state index in [1.165, 1.54) is 19.3 Å². The Balaban J connectivity index is -0.000000500. The molecule has 2 nitrogen and oxygen atoms in total. The highest BCUT2D eigenvalue weighted by atomic mass is 14.4. The maximum atomic E-state index is 2.41. The van der Waals surface area contributed by atoms with Gasteiger partial charge in [0.05, 0.1) is 0 Å². The second kappa shape index (κ2) is 6.39. The van der Waals surface area contributed by atoms with Gasteiger partial charge < -0.3 is 12.3 Å². The van der Waals surface area contributed by atoms with Crippen molar-refractivity contribution in [2.24, 2.45) is 10.8 Å². The van der Waals surface area contributed by atoms with Crippen LogP contribution in [-0.4, -0.2) is 0 Å². The first-order valence-electron chi connectivity index (χ1n) is 4.87. The summed E-state index contributed by atoms with van der Waals surface area (Å²) in [5.74, 6) is 0. The smallest absolute Gasteiger partial charge is 0.0280 e. The lowest BCUT2D eigenvalue weighted by atomic mass is 9.64. The van der Waals surface area contributed by atoms with Gasteiger partial charge in [0.2, 0.25) is 0 Å². The third-order valence-corrected chi connectivity index (χ3v) is 3.39. The minimum absolute atomic E-state index is 0. The van der Waals surface area contributed by atoms with Crippen molar-refractivity contribution in [2.75, 3.05) is 0 Å². The monoisotopic (exact) mass is 190 g/mol. The predicted octanol–water partition coefficient (Wildman–Crippen LogP) is 4.57. The fourth-order valence-corrected chi connectivity index (χ4v) is 1.63. The Bertz CT molecular complexity index is 116. The van der Waals surface area contributed by atoms with Gasteiger partial charge in [-0.3, -0.25) is 0 Å². The van der Waals surface area contributed by atoms with Crippen LogP contribution in [-0.2, 0) is 0 Å². The molecule has 0 aromatic heterocycles. The summed E-state index contributed by atoms with van der Waals surface area (Å²) in [5.41, 5.74) is 0.986. The van der Waals surface area contributed by atoms with E-state index in [9.17, 15) is 0 Å². The minimum atomic E-state index is 0. The lowest BCUT2D eigenvalue weighted by molar-refractivity contribution is 0.0901. The van der Waals surface area contributed by atoms with Crippen LogP contribution in [0.15, 0.2) is 0 Å². The highest BCUT2D eigenvalue weighted by Crippen LogP contribution is 2.44. The lowest BCUT2D eigenvalue weighted by Crippen LogP contribution is -2.31. The van der Waals surface area contributed by atoms with Crippen molar-refractivity contribution in [1.82, 2.24) is 12.3 Å². The van der Waals surface area contributed by atoms with Crippen LogP contribution in [0.25, 0.3) is 0 Å². The number of hydrogen-bond acceptors (Lipinski definition) is 2. The molecule has 0 fully saturated rings. The zero-order valence-corrected chi connectivity index (χ0v) is 10.5. The van der Waals surface area contributed by atoms with E-state index in [4.69, 9.17) is 0 Å². The molecule has 1 atom stereocenters. The summed E-state index contributed by atoms with van der Waals surface area (Å²) in [6, 6.07) is 0. The molecular weight excluding hydrogens is 160 g/mol. The standard InChI is InChI=1S/C11H24.2H3N/c1-7-9-11(6,8-2)10(3,4)5;;/h7-9H2,1-6H3;2*1H3. The Kier molecular flexibility index (Phi) is 9.16. The van der Waals surface area contributed by atoms with E-state index < -0.39 is 0 Å². The summed E-state index contributed by atoms with van der Waals surface area (Å²) < 4.78 is 0. The van der Waals surface area contributed by atoms with Gasteiger partial charge in [0.1, 0.15) is 0 Å². The van der Waals surface area contributed by atoms with Crippen LogP contribution in [0.2, 0.25) is 0 Å². The normalized spacial score (nSPS) is 15.2. The van der Waals surface area contributed by atoms with Crippen LogP contribution in [0.3, 0.4) is 0 Å². The molecular formula is C11H30N2. The third-order valence-electron chi connectivity index (χ3n) is 3.39. The Morgan fingerprint density at radius 2 is 1.23 bits per heavy atom. The average Bonchev–Trinajstić information content (AvgIpc) is 1.86. The summed E-state index contributed by atoms with van der Waals surface area (Å²) in [6.45, 7) is 14.1. The summed E-state index contributed by atoms with van der Waals surface area (Å²) in [5, 5.41) is 0. The Labute approximate surface area is 84.7 Å². The predicted molar refractivity (Wildman–Crippen MR) is 62.8 cm³/mol. The second-order valence-electron chi connectivity index (χ2n) is 4.91. The van der Waals surface area contributed by atoms with Crippen molar-refractivity contribution in [3.63, 3.8) is 0 Å². The SMILES string of the molecule is CCCC(C)(CC)C(C)(C)C.N.N. The van der Waals surface area contributed by atoms with Crippen molar-refractivity contribution in [2.45, 2.75) is 60.8 Å². The molecule has 6 N–H and O–H groups in total. The van der Waals surface area contributed by atoms with Crippen LogP contribution in [0.4, 0.5) is 0 Å². The topological polar surface area (TPSA) is 70.0 Å². The van der Waals surface area contributed by atoms with Crippen LogP contribution in [0, 0.1) is 10.8 Å². The van der Waals surface area contributed by atoms with E-state index in [1.807, 2.05) is 0 Å². The molecule has 84 valence electrons. The van der Waals surface area contributed by atoms with E-state index in [1.54, 1.807) is 0 Å². The molecule has 1 unspecified atom stereocenters. The molecule has 0 aliphatic heterocycles. The first-order valence-corrected chi connectivity index (χ1v) is 4.87. The van der Waals surface area contributed by atoms with Gasteiger partial charge in [-0.15, -0.1) is 0 Å². The molecule has 0 aromatic rings. The molecule has 0 saturated carbocycles. The fourth-order valence-electron chi connectivity index (χ4n) is 1.63. The van der Waals surface area contributed by atoms with E-state index in [0.717, 1.165) is 0 Å². The van der Waals surface area contributed by atoms with Gasteiger partial charge in [-0.1, -0.05) is 54.4 Å². The number of hydrogen-bond donors (Lipinski definition) is 2. The van der Waals surface area contributed by atoms with Crippen LogP contribution in [0.1, 0.15) is 60.8 Å². The molecule has 0 amide bonds. The molecule has 0 saturated heterocycles. The van der Waals surface area contributed by atoms with Gasteiger partial charge in [-0.05, 0) is 17.3 Å².